The summed E-state index contributed by atoms with van der Waals surface area (Å²) >= 11 is 0. The number of hydrogen-bond donors (Lipinski definition) is 1. The van der Waals surface area contributed by atoms with Gasteiger partial charge in [-0.05, 0) is 5.47 Å². The van der Waals surface area contributed by atoms with Crippen LogP contribution >= 0.6 is 0 Å². The van der Waals surface area contributed by atoms with Crippen LogP contribution in [0.15, 0.2) is 35.5 Å². The Labute approximate surface area is 80.7 Å². The smallest absolute Gasteiger partial charge is 0.423 e. The molecule has 6 heteroatoms. The number of allylic oxidation sites excluding steroid dienone is 3. The van der Waals surface area contributed by atoms with Crippen molar-refractivity contribution in [3.63, 3.8) is 0 Å². The van der Waals surface area contributed by atoms with Crippen molar-refractivity contribution < 1.29 is 14.6 Å². The summed E-state index contributed by atoms with van der Waals surface area (Å²) in [7, 11) is -1.01. The van der Waals surface area contributed by atoms with E-state index >= 15 is 0 Å². The molecule has 0 spiro atoms. The Morgan fingerprint density at radius 1 is 1.71 bits per heavy atom. The van der Waals surface area contributed by atoms with E-state index in [1.165, 1.54) is 12.2 Å². The summed E-state index contributed by atoms with van der Waals surface area (Å²) in [4.78, 5) is 10.1. The molecule has 72 valence electrons. The van der Waals surface area contributed by atoms with E-state index in [9.17, 15) is 15.1 Å². The summed E-state index contributed by atoms with van der Waals surface area (Å²) in [6, 6.07) is 0. The van der Waals surface area contributed by atoms with Gasteiger partial charge in [0.05, 0.1) is 4.92 Å². The molecular weight excluding hydrogens is 185 g/mol. The Balaban J connectivity index is 2.37. The van der Waals surface area contributed by atoms with Crippen LogP contribution in [0, 0.1) is 16.0 Å². The van der Waals surface area contributed by atoms with Crippen LogP contribution in [0.3, 0.4) is 0 Å². The molecule has 1 N–H and O–H groups in total. The van der Waals surface area contributed by atoms with Crippen LogP contribution in [0.25, 0.3) is 0 Å². The minimum Gasteiger partial charge on any atom is -0.423 e. The minimum atomic E-state index is -1.01. The van der Waals surface area contributed by atoms with Gasteiger partial charge in [0.25, 0.3) is 5.70 Å². The third-order valence-corrected chi connectivity index (χ3v) is 2.28. The fourth-order valence-electron chi connectivity index (χ4n) is 1.54. The van der Waals surface area contributed by atoms with Crippen molar-refractivity contribution in [3.8, 4) is 0 Å². The molecule has 2 aliphatic rings. The summed E-state index contributed by atoms with van der Waals surface area (Å²) < 4.78 is 4.97. The minimum absolute atomic E-state index is 0.0247. The van der Waals surface area contributed by atoms with Crippen LogP contribution in [0.1, 0.15) is 0 Å². The lowest BCUT2D eigenvalue weighted by Gasteiger charge is -2.01. The lowest BCUT2D eigenvalue weighted by atomic mass is 9.75. The molecule has 2 rings (SSSR count). The second-order valence-corrected chi connectivity index (χ2v) is 3.17. The molecule has 0 aromatic carbocycles. The van der Waals surface area contributed by atoms with Gasteiger partial charge in [0, 0.05) is 24.7 Å². The number of fused-ring (bicyclic) bond motifs is 1. The summed E-state index contributed by atoms with van der Waals surface area (Å²) in [5.74, 6) is -0.0429. The topological polar surface area (TPSA) is 72.6 Å². The van der Waals surface area contributed by atoms with E-state index in [0.29, 0.717) is 12.1 Å². The van der Waals surface area contributed by atoms with E-state index in [1.807, 2.05) is 0 Å². The van der Waals surface area contributed by atoms with Crippen molar-refractivity contribution in [2.45, 2.75) is 0 Å². The normalized spacial score (nSPS) is 25.2. The van der Waals surface area contributed by atoms with Crippen LogP contribution in [0.2, 0.25) is 0 Å². The Morgan fingerprint density at radius 2 is 2.50 bits per heavy atom. The van der Waals surface area contributed by atoms with Gasteiger partial charge >= 0.3 is 7.12 Å². The van der Waals surface area contributed by atoms with Gasteiger partial charge in [-0.15, -0.1) is 0 Å². The first-order valence-corrected chi connectivity index (χ1v) is 4.22. The Hall–Kier alpha value is -1.40. The molecule has 1 aliphatic heterocycles. The van der Waals surface area contributed by atoms with E-state index in [2.05, 4.69) is 0 Å². The third kappa shape index (κ3) is 1.49. The molecule has 1 saturated heterocycles. The van der Waals surface area contributed by atoms with Crippen molar-refractivity contribution >= 4 is 7.12 Å². The first-order chi connectivity index (χ1) is 6.68. The Kier molecular flexibility index (Phi) is 2.22. The fraction of sp³-hybridized carbons (Fsp3) is 0.250. The highest BCUT2D eigenvalue weighted by Crippen LogP contribution is 2.27. The molecule has 0 aromatic rings. The highest BCUT2D eigenvalue weighted by Gasteiger charge is 2.35. The summed E-state index contributed by atoms with van der Waals surface area (Å²) in [6.45, 7) is 0.377. The van der Waals surface area contributed by atoms with Gasteiger partial charge in [-0.1, -0.05) is 12.2 Å². The molecule has 14 heavy (non-hydrogen) atoms. The average molecular weight is 193 g/mol. The van der Waals surface area contributed by atoms with Gasteiger partial charge in [0.2, 0.25) is 0 Å². The van der Waals surface area contributed by atoms with E-state index in [0.717, 1.165) is 0 Å². The van der Waals surface area contributed by atoms with Gasteiger partial charge in [0.15, 0.2) is 0 Å². The number of nitrogens with zero attached hydrogens (tertiary/aromatic N) is 1. The number of rotatable bonds is 1. The molecule has 5 nitrogen and oxygen atoms in total. The third-order valence-electron chi connectivity index (χ3n) is 2.28. The molecule has 1 aliphatic carbocycles. The van der Waals surface area contributed by atoms with E-state index in [4.69, 9.17) is 4.65 Å². The maximum Gasteiger partial charge on any atom is 0.487 e. The molecule has 1 fully saturated rings. The second kappa shape index (κ2) is 3.40. The molecule has 0 saturated carbocycles. The van der Waals surface area contributed by atoms with Gasteiger partial charge in [-0.3, -0.25) is 10.1 Å². The first kappa shape index (κ1) is 9.17. The summed E-state index contributed by atoms with van der Waals surface area (Å²) in [5.41, 5.74) is 0.532. The lowest BCUT2D eigenvalue weighted by molar-refractivity contribution is -0.419. The molecule has 1 heterocycles. The van der Waals surface area contributed by atoms with Crippen molar-refractivity contribution in [1.29, 1.82) is 0 Å². The second-order valence-electron chi connectivity index (χ2n) is 3.17. The van der Waals surface area contributed by atoms with Gasteiger partial charge in [0.1, 0.15) is 0 Å². The van der Waals surface area contributed by atoms with Crippen LogP contribution in [-0.4, -0.2) is 23.7 Å². The van der Waals surface area contributed by atoms with Gasteiger partial charge in [-0.2, -0.15) is 0 Å². The molecule has 1 atom stereocenters. The van der Waals surface area contributed by atoms with Gasteiger partial charge < -0.3 is 9.68 Å². The van der Waals surface area contributed by atoms with E-state index < -0.39 is 12.0 Å². The Morgan fingerprint density at radius 3 is 3.21 bits per heavy atom. The quantitative estimate of drug-likeness (QED) is 0.369. The van der Waals surface area contributed by atoms with Crippen molar-refractivity contribution in [1.82, 2.24) is 0 Å². The predicted molar refractivity (Wildman–Crippen MR) is 49.7 cm³/mol. The highest BCUT2D eigenvalue weighted by atomic mass is 16.6. The largest absolute Gasteiger partial charge is 0.487 e. The van der Waals surface area contributed by atoms with Crippen LogP contribution in [0.5, 0.6) is 0 Å². The van der Waals surface area contributed by atoms with E-state index in [-0.39, 0.29) is 11.6 Å². The van der Waals surface area contributed by atoms with Gasteiger partial charge in [-0.25, -0.2) is 0 Å². The molecule has 0 amide bonds. The maximum absolute atomic E-state index is 10.5. The van der Waals surface area contributed by atoms with Crippen LogP contribution in [0.4, 0.5) is 0 Å². The van der Waals surface area contributed by atoms with Crippen molar-refractivity contribution in [2.75, 3.05) is 6.61 Å². The highest BCUT2D eigenvalue weighted by molar-refractivity contribution is 6.53. The molecule has 1 unspecified atom stereocenters. The van der Waals surface area contributed by atoms with Crippen molar-refractivity contribution in [2.24, 2.45) is 5.92 Å². The molecular formula is C8H8BNO4. The first-order valence-electron chi connectivity index (χ1n) is 4.22. The zero-order valence-electron chi connectivity index (χ0n) is 7.29. The zero-order valence-corrected chi connectivity index (χ0v) is 7.29. The van der Waals surface area contributed by atoms with E-state index in [1.54, 1.807) is 12.2 Å². The summed E-state index contributed by atoms with van der Waals surface area (Å²) in [5, 5.41) is 19.9. The monoisotopic (exact) mass is 193 g/mol. The number of nitro groups is 1. The molecule has 0 bridgehead atoms. The Bertz CT molecular complexity index is 360. The molecule has 0 radical (unpaired) electrons. The molecule has 0 aromatic heterocycles. The average Bonchev–Trinajstić information content (AvgIpc) is 2.40. The predicted octanol–water partition coefficient (Wildman–Crippen LogP) is 0.309. The lowest BCUT2D eigenvalue weighted by Crippen LogP contribution is -2.14. The van der Waals surface area contributed by atoms with Crippen LogP contribution in [-0.2, 0) is 4.65 Å². The standard InChI is InChI=1S/C8H8BNO4/c11-9-8-4-7(10(12)13)3-1-2-6(8)5-14-9/h1-4,6,11H,5H2. The van der Waals surface area contributed by atoms with Crippen molar-refractivity contribution in [3.05, 3.63) is 45.6 Å². The maximum atomic E-state index is 10.5. The zero-order chi connectivity index (χ0) is 10.1. The SMILES string of the molecule is O=[N+]([O-])C1=CC=CC2COB(O)C2=C1. The fourth-order valence-corrected chi connectivity index (χ4v) is 1.54. The van der Waals surface area contributed by atoms with Crippen LogP contribution < -0.4 is 0 Å². The number of hydrogen-bond acceptors (Lipinski definition) is 4. The summed E-state index contributed by atoms with van der Waals surface area (Å²) in [6.07, 6.45) is 6.20.